The fourth-order valence-electron chi connectivity index (χ4n) is 5.50. The molecule has 1 N–H and O–H groups in total. The van der Waals surface area contributed by atoms with Crippen LogP contribution in [0.4, 0.5) is 13.2 Å². The van der Waals surface area contributed by atoms with Crippen molar-refractivity contribution in [2.24, 2.45) is 0 Å². The molecular weight excluding hydrogens is 579 g/mol. The number of carbonyl (C=O) groups excluding carboxylic acids is 1. The molecule has 218 valence electrons. The molecule has 1 amide bonds. The second-order valence-corrected chi connectivity index (χ2v) is 10.6. The van der Waals surface area contributed by atoms with E-state index in [-0.39, 0.29) is 11.8 Å². The summed E-state index contributed by atoms with van der Waals surface area (Å²) in [7, 11) is 0. The van der Waals surface area contributed by atoms with Gasteiger partial charge in [0.25, 0.3) is 0 Å². The quantitative estimate of drug-likeness (QED) is 0.214. The van der Waals surface area contributed by atoms with E-state index < -0.39 is 17.8 Å². The molecule has 0 aliphatic carbocycles. The average molecular weight is 604 g/mol. The van der Waals surface area contributed by atoms with E-state index in [1.165, 1.54) is 29.2 Å². The Morgan fingerprint density at radius 2 is 1.84 bits per heavy atom. The topological polar surface area (TPSA) is 92.6 Å². The molecule has 0 bridgehead atoms. The SMILES string of the molecule is O=C(/C=C/c1cc(Cl)ccc1-n1cnnn1)N1CCCC(c2ccccc2)C1c1ncc(-c2ccc(C(F)(F)F)cc2)[nH]1. The minimum absolute atomic E-state index is 0.0538. The Labute approximate surface area is 249 Å². The molecular formula is C31H25ClF3N7O. The van der Waals surface area contributed by atoms with Crippen molar-refractivity contribution in [2.75, 3.05) is 6.54 Å². The molecule has 1 saturated heterocycles. The zero-order valence-electron chi connectivity index (χ0n) is 22.6. The number of tetrazole rings is 1. The first-order valence-electron chi connectivity index (χ1n) is 13.6. The van der Waals surface area contributed by atoms with Crippen molar-refractivity contribution in [3.63, 3.8) is 0 Å². The van der Waals surface area contributed by atoms with Crippen LogP contribution in [0.2, 0.25) is 5.02 Å². The molecule has 3 aromatic carbocycles. The van der Waals surface area contributed by atoms with Gasteiger partial charge in [0.1, 0.15) is 12.2 Å². The number of aromatic nitrogens is 6. The first kappa shape index (κ1) is 28.4. The van der Waals surface area contributed by atoms with Gasteiger partial charge in [-0.25, -0.2) is 4.98 Å². The molecule has 6 rings (SSSR count). The van der Waals surface area contributed by atoms with Crippen molar-refractivity contribution in [1.82, 2.24) is 35.1 Å². The van der Waals surface area contributed by atoms with Gasteiger partial charge in [-0.1, -0.05) is 54.1 Å². The van der Waals surface area contributed by atoms with E-state index in [9.17, 15) is 18.0 Å². The molecule has 0 spiro atoms. The Morgan fingerprint density at radius 1 is 1.05 bits per heavy atom. The normalized spacial score (nSPS) is 17.4. The number of carbonyl (C=O) groups is 1. The van der Waals surface area contributed by atoms with E-state index >= 15 is 0 Å². The summed E-state index contributed by atoms with van der Waals surface area (Å²) in [6, 6.07) is 19.6. The molecule has 0 saturated carbocycles. The van der Waals surface area contributed by atoms with E-state index in [0.29, 0.717) is 39.9 Å². The van der Waals surface area contributed by atoms with Crippen molar-refractivity contribution in [3.8, 4) is 16.9 Å². The van der Waals surface area contributed by atoms with Gasteiger partial charge < -0.3 is 9.88 Å². The van der Waals surface area contributed by atoms with E-state index in [1.807, 2.05) is 30.3 Å². The van der Waals surface area contributed by atoms with Crippen LogP contribution in [0, 0.1) is 0 Å². The van der Waals surface area contributed by atoms with Crippen LogP contribution in [-0.2, 0) is 11.0 Å². The maximum absolute atomic E-state index is 13.8. The number of likely N-dealkylation sites (tertiary alicyclic amines) is 1. The predicted molar refractivity (Wildman–Crippen MR) is 155 cm³/mol. The van der Waals surface area contributed by atoms with E-state index in [2.05, 4.69) is 25.5 Å². The van der Waals surface area contributed by atoms with Gasteiger partial charge in [-0.05, 0) is 70.8 Å². The minimum Gasteiger partial charge on any atom is -0.340 e. The van der Waals surface area contributed by atoms with Crippen LogP contribution in [0.15, 0.2) is 91.4 Å². The van der Waals surface area contributed by atoms with Crippen LogP contribution in [0.3, 0.4) is 0 Å². The second-order valence-electron chi connectivity index (χ2n) is 10.2. The lowest BCUT2D eigenvalue weighted by Gasteiger charge is -2.40. The van der Waals surface area contributed by atoms with Crippen molar-refractivity contribution >= 4 is 23.6 Å². The summed E-state index contributed by atoms with van der Waals surface area (Å²) >= 11 is 6.26. The number of amides is 1. The molecule has 8 nitrogen and oxygen atoms in total. The van der Waals surface area contributed by atoms with Crippen LogP contribution in [0.1, 0.15) is 47.3 Å². The number of H-pyrrole nitrogens is 1. The highest BCUT2D eigenvalue weighted by Gasteiger charge is 2.37. The Bertz CT molecular complexity index is 1740. The van der Waals surface area contributed by atoms with Crippen LogP contribution >= 0.6 is 11.6 Å². The Morgan fingerprint density at radius 3 is 2.56 bits per heavy atom. The lowest BCUT2D eigenvalue weighted by molar-refractivity contribution is -0.137. The lowest BCUT2D eigenvalue weighted by Crippen LogP contribution is -2.41. The van der Waals surface area contributed by atoms with Crippen molar-refractivity contribution < 1.29 is 18.0 Å². The molecule has 2 atom stereocenters. The highest BCUT2D eigenvalue weighted by atomic mass is 35.5. The fourth-order valence-corrected chi connectivity index (χ4v) is 5.68. The largest absolute Gasteiger partial charge is 0.416 e. The number of benzene rings is 3. The van der Waals surface area contributed by atoms with E-state index in [0.717, 1.165) is 30.5 Å². The summed E-state index contributed by atoms with van der Waals surface area (Å²) in [5.74, 6) is 0.282. The zero-order chi connectivity index (χ0) is 30.0. The van der Waals surface area contributed by atoms with Gasteiger partial charge in [0.2, 0.25) is 5.91 Å². The second kappa shape index (κ2) is 11.8. The number of nitrogens with zero attached hydrogens (tertiary/aromatic N) is 6. The molecule has 3 heterocycles. The summed E-state index contributed by atoms with van der Waals surface area (Å²) in [5.41, 5.74) is 2.78. The third-order valence-electron chi connectivity index (χ3n) is 7.53. The standard InChI is InChI=1S/C31H25ClF3N7O/c32-24-13-14-27(42-19-37-39-40-42)22(17-24)10-15-28(43)41-16-4-7-25(20-5-2-1-3-6-20)29(41)30-36-18-26(38-30)21-8-11-23(12-9-21)31(33,34)35/h1-3,5-6,8-15,17-19,25,29H,4,7,16H2,(H,36,38)/b15-10+. The summed E-state index contributed by atoms with van der Waals surface area (Å²) in [6.45, 7) is 0.503. The highest BCUT2D eigenvalue weighted by molar-refractivity contribution is 6.30. The Hall–Kier alpha value is -4.77. The monoisotopic (exact) mass is 603 g/mol. The van der Waals surface area contributed by atoms with Gasteiger partial charge in [0.05, 0.1) is 29.2 Å². The van der Waals surface area contributed by atoms with Gasteiger partial charge in [-0.15, -0.1) is 5.10 Å². The molecule has 43 heavy (non-hydrogen) atoms. The van der Waals surface area contributed by atoms with Gasteiger partial charge in [-0.2, -0.15) is 17.9 Å². The minimum atomic E-state index is -4.42. The molecule has 2 unspecified atom stereocenters. The molecule has 0 radical (unpaired) electrons. The van der Waals surface area contributed by atoms with Crippen LogP contribution in [-0.4, -0.2) is 47.5 Å². The number of piperidine rings is 1. The highest BCUT2D eigenvalue weighted by Crippen LogP contribution is 2.42. The van der Waals surface area contributed by atoms with E-state index in [4.69, 9.17) is 11.6 Å². The molecule has 1 fully saturated rings. The fraction of sp³-hybridized carbons (Fsp3) is 0.194. The number of rotatable bonds is 6. The van der Waals surface area contributed by atoms with Crippen LogP contribution in [0.5, 0.6) is 0 Å². The maximum atomic E-state index is 13.8. The molecule has 5 aromatic rings. The summed E-state index contributed by atoms with van der Waals surface area (Å²) in [6.07, 6.45) is 3.43. The first-order valence-corrected chi connectivity index (χ1v) is 13.9. The number of aromatic amines is 1. The molecule has 12 heteroatoms. The van der Waals surface area contributed by atoms with Crippen molar-refractivity contribution in [3.05, 3.63) is 119 Å². The Balaban J connectivity index is 1.34. The summed E-state index contributed by atoms with van der Waals surface area (Å²) < 4.78 is 40.8. The molecule has 1 aliphatic heterocycles. The number of halogens is 4. The van der Waals surface area contributed by atoms with E-state index in [1.54, 1.807) is 35.4 Å². The van der Waals surface area contributed by atoms with Crippen molar-refractivity contribution in [2.45, 2.75) is 31.0 Å². The van der Waals surface area contributed by atoms with Crippen LogP contribution in [0.25, 0.3) is 23.0 Å². The molecule has 2 aromatic heterocycles. The Kier molecular flexibility index (Phi) is 7.81. The van der Waals surface area contributed by atoms with Crippen LogP contribution < -0.4 is 0 Å². The predicted octanol–water partition coefficient (Wildman–Crippen LogP) is 6.89. The third kappa shape index (κ3) is 6.07. The zero-order valence-corrected chi connectivity index (χ0v) is 23.4. The number of nitrogens with one attached hydrogen (secondary N) is 1. The average Bonchev–Trinajstić information content (AvgIpc) is 3.73. The van der Waals surface area contributed by atoms with Gasteiger partial charge in [-0.3, -0.25) is 4.79 Å². The first-order chi connectivity index (χ1) is 20.8. The number of hydrogen-bond donors (Lipinski definition) is 1. The third-order valence-corrected chi connectivity index (χ3v) is 7.77. The smallest absolute Gasteiger partial charge is 0.340 e. The summed E-state index contributed by atoms with van der Waals surface area (Å²) in [5, 5.41) is 11.8. The molecule has 1 aliphatic rings. The van der Waals surface area contributed by atoms with Gasteiger partial charge >= 0.3 is 6.18 Å². The number of alkyl halides is 3. The number of hydrogen-bond acceptors (Lipinski definition) is 5. The van der Waals surface area contributed by atoms with Crippen molar-refractivity contribution in [1.29, 1.82) is 0 Å². The lowest BCUT2D eigenvalue weighted by atomic mass is 9.83. The maximum Gasteiger partial charge on any atom is 0.416 e. The van der Waals surface area contributed by atoms with Gasteiger partial charge in [0, 0.05) is 29.1 Å². The summed E-state index contributed by atoms with van der Waals surface area (Å²) in [4.78, 5) is 23.6. The van der Waals surface area contributed by atoms with Gasteiger partial charge in [0.15, 0.2) is 0 Å². The number of imidazole rings is 1.